The molecule has 0 bridgehead atoms. The molecule has 0 unspecified atom stereocenters. The maximum absolute atomic E-state index is 6.07. The fraction of sp³-hybridized carbons (Fsp3) is 0.368. The second kappa shape index (κ2) is 8.82. The van der Waals surface area contributed by atoms with Gasteiger partial charge in [-0.15, -0.1) is 11.6 Å². The van der Waals surface area contributed by atoms with E-state index < -0.39 is 0 Å². The molecule has 2 aromatic carbocycles. The molecule has 0 aliphatic rings. The van der Waals surface area contributed by atoms with Crippen LogP contribution in [-0.2, 0) is 0 Å². The third-order valence-electron chi connectivity index (χ3n) is 3.59. The lowest BCUT2D eigenvalue weighted by atomic mass is 10.1. The average Bonchev–Trinajstić information content (AvgIpc) is 2.55. The summed E-state index contributed by atoms with van der Waals surface area (Å²) in [5.74, 6) is 0.934. The van der Waals surface area contributed by atoms with E-state index in [0.29, 0.717) is 6.61 Å². The minimum absolute atomic E-state index is 0.163. The lowest BCUT2D eigenvalue weighted by Crippen LogP contribution is -2.32. The van der Waals surface area contributed by atoms with E-state index in [1.807, 2.05) is 43.3 Å². The molecule has 2 aromatic rings. The normalized spacial score (nSPS) is 12.4. The Morgan fingerprint density at radius 3 is 2.41 bits per heavy atom. The van der Waals surface area contributed by atoms with Crippen LogP contribution in [0.25, 0.3) is 11.1 Å². The van der Waals surface area contributed by atoms with E-state index in [9.17, 15) is 0 Å². The van der Waals surface area contributed by atoms with Crippen molar-refractivity contribution in [2.45, 2.75) is 19.2 Å². The molecule has 0 N–H and O–H groups in total. The Bertz CT molecular complexity index is 556. The van der Waals surface area contributed by atoms with E-state index >= 15 is 0 Å². The van der Waals surface area contributed by atoms with Gasteiger partial charge in [-0.3, -0.25) is 4.90 Å². The van der Waals surface area contributed by atoms with Crippen LogP contribution in [0.2, 0.25) is 0 Å². The van der Waals surface area contributed by atoms with Gasteiger partial charge in [-0.2, -0.15) is 0 Å². The van der Waals surface area contributed by atoms with Crippen LogP contribution in [0.4, 0.5) is 0 Å². The predicted molar refractivity (Wildman–Crippen MR) is 94.8 cm³/mol. The van der Waals surface area contributed by atoms with Crippen molar-refractivity contribution >= 4 is 11.6 Å². The van der Waals surface area contributed by atoms with Crippen molar-refractivity contribution in [3.8, 4) is 16.9 Å². The number of hydrogen-bond donors (Lipinski definition) is 0. The molecule has 0 aliphatic heterocycles. The summed E-state index contributed by atoms with van der Waals surface area (Å²) in [5, 5.41) is 0.163. The number of hydrogen-bond acceptors (Lipinski definition) is 2. The Labute approximate surface area is 138 Å². The molecule has 118 valence electrons. The number of rotatable bonds is 8. The molecular weight excluding hydrogens is 294 g/mol. The third kappa shape index (κ3) is 5.04. The van der Waals surface area contributed by atoms with Crippen molar-refractivity contribution in [2.24, 2.45) is 0 Å². The van der Waals surface area contributed by atoms with Gasteiger partial charge in [-0.25, -0.2) is 0 Å². The molecule has 0 saturated heterocycles. The van der Waals surface area contributed by atoms with E-state index in [-0.39, 0.29) is 5.38 Å². The zero-order chi connectivity index (χ0) is 15.8. The molecule has 0 radical (unpaired) electrons. The fourth-order valence-electron chi connectivity index (χ4n) is 2.47. The second-order valence-electron chi connectivity index (χ2n) is 5.38. The van der Waals surface area contributed by atoms with Gasteiger partial charge in [-0.05, 0) is 25.1 Å². The molecule has 0 saturated carbocycles. The lowest BCUT2D eigenvalue weighted by Gasteiger charge is -2.22. The van der Waals surface area contributed by atoms with Crippen molar-refractivity contribution in [1.29, 1.82) is 0 Å². The van der Waals surface area contributed by atoms with Crippen LogP contribution in [0.3, 0.4) is 0 Å². The highest BCUT2D eigenvalue weighted by Gasteiger charge is 2.08. The molecule has 0 aliphatic carbocycles. The number of nitrogens with zero attached hydrogens (tertiary/aromatic N) is 1. The van der Waals surface area contributed by atoms with Gasteiger partial charge in [0.05, 0.1) is 0 Å². The number of ether oxygens (including phenoxy) is 1. The first-order valence-corrected chi connectivity index (χ1v) is 8.28. The van der Waals surface area contributed by atoms with Crippen molar-refractivity contribution in [2.75, 3.05) is 26.2 Å². The number of halogens is 1. The van der Waals surface area contributed by atoms with E-state index in [1.165, 1.54) is 5.56 Å². The maximum atomic E-state index is 6.07. The number of para-hydroxylation sites is 1. The Morgan fingerprint density at radius 2 is 1.73 bits per heavy atom. The van der Waals surface area contributed by atoms with Gasteiger partial charge in [0.15, 0.2) is 0 Å². The summed E-state index contributed by atoms with van der Waals surface area (Å²) in [6.45, 7) is 7.60. The summed E-state index contributed by atoms with van der Waals surface area (Å²) in [6.07, 6.45) is 0. The molecule has 0 amide bonds. The van der Waals surface area contributed by atoms with Crippen LogP contribution < -0.4 is 4.74 Å². The van der Waals surface area contributed by atoms with Gasteiger partial charge in [0.2, 0.25) is 0 Å². The molecule has 3 heteroatoms. The first-order chi connectivity index (χ1) is 10.7. The molecule has 0 heterocycles. The van der Waals surface area contributed by atoms with Crippen molar-refractivity contribution in [3.05, 3.63) is 54.6 Å². The van der Waals surface area contributed by atoms with Gasteiger partial charge in [0.25, 0.3) is 0 Å². The Hall–Kier alpha value is -1.51. The van der Waals surface area contributed by atoms with Crippen molar-refractivity contribution < 1.29 is 4.74 Å². The highest BCUT2D eigenvalue weighted by atomic mass is 35.5. The quantitative estimate of drug-likeness (QED) is 0.655. The summed E-state index contributed by atoms with van der Waals surface area (Å²) in [6, 6.07) is 18.5. The Morgan fingerprint density at radius 1 is 1.05 bits per heavy atom. The van der Waals surface area contributed by atoms with Gasteiger partial charge >= 0.3 is 0 Å². The summed E-state index contributed by atoms with van der Waals surface area (Å²) < 4.78 is 6.02. The number of benzene rings is 2. The number of alkyl halides is 1. The maximum Gasteiger partial charge on any atom is 0.127 e. The molecule has 2 rings (SSSR count). The molecule has 1 atom stereocenters. The van der Waals surface area contributed by atoms with Crippen LogP contribution in [0.1, 0.15) is 13.8 Å². The fourth-order valence-corrected chi connectivity index (χ4v) is 2.66. The van der Waals surface area contributed by atoms with E-state index in [2.05, 4.69) is 30.0 Å². The molecule has 0 spiro atoms. The summed E-state index contributed by atoms with van der Waals surface area (Å²) >= 11 is 6.07. The van der Waals surface area contributed by atoms with Crippen LogP contribution in [0.15, 0.2) is 54.6 Å². The first kappa shape index (κ1) is 16.9. The van der Waals surface area contributed by atoms with E-state index in [0.717, 1.165) is 30.9 Å². The highest BCUT2D eigenvalue weighted by Crippen LogP contribution is 2.29. The lowest BCUT2D eigenvalue weighted by molar-refractivity contribution is 0.217. The van der Waals surface area contributed by atoms with Gasteiger partial charge in [-0.1, -0.05) is 55.5 Å². The summed E-state index contributed by atoms with van der Waals surface area (Å²) in [7, 11) is 0. The molecule has 0 aromatic heterocycles. The van der Waals surface area contributed by atoms with Gasteiger partial charge in [0.1, 0.15) is 12.4 Å². The molecular formula is C19H24ClNO. The zero-order valence-corrected chi connectivity index (χ0v) is 14.1. The van der Waals surface area contributed by atoms with Gasteiger partial charge < -0.3 is 4.74 Å². The van der Waals surface area contributed by atoms with Crippen LogP contribution >= 0.6 is 11.6 Å². The van der Waals surface area contributed by atoms with Gasteiger partial charge in [0, 0.05) is 24.0 Å². The van der Waals surface area contributed by atoms with Crippen molar-refractivity contribution in [3.63, 3.8) is 0 Å². The van der Waals surface area contributed by atoms with E-state index in [4.69, 9.17) is 16.3 Å². The van der Waals surface area contributed by atoms with Crippen LogP contribution in [0, 0.1) is 0 Å². The smallest absolute Gasteiger partial charge is 0.127 e. The first-order valence-electron chi connectivity index (χ1n) is 7.84. The Balaban J connectivity index is 1.99. The monoisotopic (exact) mass is 317 g/mol. The second-order valence-corrected chi connectivity index (χ2v) is 6.13. The van der Waals surface area contributed by atoms with E-state index in [1.54, 1.807) is 0 Å². The third-order valence-corrected chi connectivity index (χ3v) is 3.73. The highest BCUT2D eigenvalue weighted by molar-refractivity contribution is 6.20. The average molecular weight is 318 g/mol. The molecule has 2 nitrogen and oxygen atoms in total. The molecule has 0 fully saturated rings. The summed E-state index contributed by atoms with van der Waals surface area (Å²) in [5.41, 5.74) is 2.32. The number of likely N-dealkylation sites (N-methyl/N-ethyl adjacent to an activating group) is 1. The van der Waals surface area contributed by atoms with Crippen LogP contribution in [0.5, 0.6) is 5.75 Å². The topological polar surface area (TPSA) is 12.5 Å². The standard InChI is InChI=1S/C19H24ClNO/c1-3-21(15-16(2)20)13-14-22-19-12-8-7-11-18(19)17-9-5-4-6-10-17/h4-12,16H,3,13-15H2,1-2H3/t16-/m1/s1. The Kier molecular flexibility index (Phi) is 6.75. The minimum atomic E-state index is 0.163. The largest absolute Gasteiger partial charge is 0.492 e. The van der Waals surface area contributed by atoms with Crippen LogP contribution in [-0.4, -0.2) is 36.5 Å². The predicted octanol–water partition coefficient (Wildman–Crippen LogP) is 4.68. The summed E-state index contributed by atoms with van der Waals surface area (Å²) in [4.78, 5) is 2.31. The zero-order valence-electron chi connectivity index (χ0n) is 13.3. The SMILES string of the molecule is CCN(CCOc1ccccc1-c1ccccc1)C[C@@H](C)Cl. The molecule has 22 heavy (non-hydrogen) atoms. The van der Waals surface area contributed by atoms with Crippen molar-refractivity contribution in [1.82, 2.24) is 4.90 Å². The minimum Gasteiger partial charge on any atom is -0.492 e.